The molecule has 0 bridgehead atoms. The highest BCUT2D eigenvalue weighted by Gasteiger charge is 2.29. The van der Waals surface area contributed by atoms with E-state index in [-0.39, 0.29) is 0 Å². The minimum Gasteiger partial charge on any atom is -0.394 e. The Morgan fingerprint density at radius 3 is 2.00 bits per heavy atom. The van der Waals surface area contributed by atoms with E-state index in [0.29, 0.717) is 6.42 Å². The van der Waals surface area contributed by atoms with Crippen LogP contribution in [-0.2, 0) is 0 Å². The molecule has 0 spiro atoms. The van der Waals surface area contributed by atoms with Gasteiger partial charge in [0.2, 0.25) is 0 Å². The highest BCUT2D eigenvalue weighted by atomic mass is 35.7. The zero-order chi connectivity index (χ0) is 6.78. The third-order valence-corrected chi connectivity index (χ3v) is 4.06. The van der Waals surface area contributed by atoms with E-state index in [1.54, 1.807) is 6.55 Å². The maximum absolute atomic E-state index is 8.99. The summed E-state index contributed by atoms with van der Waals surface area (Å²) in [6.45, 7) is 1.31. The molecule has 1 N–H and O–H groups in total. The van der Waals surface area contributed by atoms with Crippen molar-refractivity contribution in [3.63, 3.8) is 0 Å². The molecule has 0 amide bonds. The first kappa shape index (κ1) is 8.76. The van der Waals surface area contributed by atoms with Crippen LogP contribution in [0.1, 0.15) is 13.3 Å². The quantitative estimate of drug-likeness (QED) is 0.499. The molecule has 0 aromatic heterocycles. The molecule has 0 saturated carbocycles. The van der Waals surface area contributed by atoms with Gasteiger partial charge in [0.1, 0.15) is 0 Å². The number of rotatable bonds is 2. The Hall–Kier alpha value is 0.757. The van der Waals surface area contributed by atoms with E-state index in [4.69, 9.17) is 27.3 Å². The number of halogens is 2. The second-order valence-corrected chi connectivity index (χ2v) is 9.75. The van der Waals surface area contributed by atoms with E-state index in [1.807, 2.05) is 6.92 Å². The Morgan fingerprint density at radius 2 is 2.00 bits per heavy atom. The minimum atomic E-state index is -2.26. The number of aliphatic hydroxyl groups is 1. The Bertz CT molecular complexity index is 70.9. The lowest BCUT2D eigenvalue weighted by Crippen LogP contribution is -2.32. The SMILES string of the molecule is CCC(O)[Si](C)(Cl)Cl. The van der Waals surface area contributed by atoms with Crippen molar-refractivity contribution in [1.29, 1.82) is 0 Å². The van der Waals surface area contributed by atoms with E-state index in [1.165, 1.54) is 0 Å². The smallest absolute Gasteiger partial charge is 0.275 e. The summed E-state index contributed by atoms with van der Waals surface area (Å²) in [6, 6.07) is 0. The lowest BCUT2D eigenvalue weighted by molar-refractivity contribution is 0.245. The van der Waals surface area contributed by atoms with Crippen LogP contribution < -0.4 is 0 Å². The van der Waals surface area contributed by atoms with Crippen molar-refractivity contribution in [3.05, 3.63) is 0 Å². The van der Waals surface area contributed by atoms with Crippen LogP contribution in [0.3, 0.4) is 0 Å². The molecule has 0 radical (unpaired) electrons. The van der Waals surface area contributed by atoms with Crippen LogP contribution in [0.2, 0.25) is 6.55 Å². The summed E-state index contributed by atoms with van der Waals surface area (Å²) in [5, 5.41) is 8.99. The van der Waals surface area contributed by atoms with Crippen LogP contribution in [0.15, 0.2) is 0 Å². The molecule has 1 nitrogen and oxygen atoms in total. The normalized spacial score (nSPS) is 16.1. The third kappa shape index (κ3) is 2.92. The summed E-state index contributed by atoms with van der Waals surface area (Å²) in [5.41, 5.74) is -0.481. The van der Waals surface area contributed by atoms with Gasteiger partial charge in [-0.15, -0.1) is 22.2 Å². The summed E-state index contributed by atoms with van der Waals surface area (Å²) in [4.78, 5) is 0. The average Bonchev–Trinajstić information content (AvgIpc) is 1.62. The van der Waals surface area contributed by atoms with Crippen molar-refractivity contribution in [2.45, 2.75) is 25.6 Å². The van der Waals surface area contributed by atoms with E-state index >= 15 is 0 Å². The molecule has 0 aliphatic rings. The maximum Gasteiger partial charge on any atom is 0.275 e. The predicted molar refractivity (Wildman–Crippen MR) is 39.6 cm³/mol. The van der Waals surface area contributed by atoms with Gasteiger partial charge < -0.3 is 5.11 Å². The summed E-state index contributed by atoms with van der Waals surface area (Å²) in [5.74, 6) is 0. The summed E-state index contributed by atoms with van der Waals surface area (Å²) in [7, 11) is 0. The molecule has 4 heteroatoms. The fourth-order valence-corrected chi connectivity index (χ4v) is 2.00. The zero-order valence-electron chi connectivity index (χ0n) is 4.99. The van der Waals surface area contributed by atoms with Gasteiger partial charge in [0.25, 0.3) is 6.69 Å². The molecule has 0 rings (SSSR count). The van der Waals surface area contributed by atoms with Gasteiger partial charge in [0.05, 0.1) is 5.73 Å². The average molecular weight is 173 g/mol. The van der Waals surface area contributed by atoms with Crippen LogP contribution >= 0.6 is 22.2 Å². The Kier molecular flexibility index (Phi) is 3.35. The van der Waals surface area contributed by atoms with Crippen molar-refractivity contribution in [2.75, 3.05) is 0 Å². The summed E-state index contributed by atoms with van der Waals surface area (Å²) in [6.07, 6.45) is 0.649. The van der Waals surface area contributed by atoms with Gasteiger partial charge in [-0.1, -0.05) is 6.92 Å². The molecular formula is C4H10Cl2OSi. The molecule has 8 heavy (non-hydrogen) atoms. The molecular weight excluding hydrogens is 163 g/mol. The molecule has 1 unspecified atom stereocenters. The lowest BCUT2D eigenvalue weighted by atomic mass is 10.5. The molecule has 0 aromatic carbocycles. The van der Waals surface area contributed by atoms with Crippen molar-refractivity contribution >= 4 is 28.9 Å². The molecule has 0 fully saturated rings. The molecule has 0 aromatic rings. The fraction of sp³-hybridized carbons (Fsp3) is 1.00. The second-order valence-electron chi connectivity index (χ2n) is 1.88. The first-order chi connectivity index (χ1) is 3.48. The summed E-state index contributed by atoms with van der Waals surface area (Å²) < 4.78 is 0. The molecule has 50 valence electrons. The number of hydrogen-bond donors (Lipinski definition) is 1. The Labute approximate surface area is 60.0 Å². The van der Waals surface area contributed by atoms with Crippen molar-refractivity contribution in [1.82, 2.24) is 0 Å². The van der Waals surface area contributed by atoms with Gasteiger partial charge in [0.15, 0.2) is 0 Å². The second kappa shape index (κ2) is 3.06. The van der Waals surface area contributed by atoms with Crippen molar-refractivity contribution in [2.24, 2.45) is 0 Å². The van der Waals surface area contributed by atoms with Crippen LogP contribution in [0.25, 0.3) is 0 Å². The Balaban J connectivity index is 3.62. The van der Waals surface area contributed by atoms with E-state index in [0.717, 1.165) is 0 Å². The van der Waals surface area contributed by atoms with Gasteiger partial charge in [-0.05, 0) is 13.0 Å². The van der Waals surface area contributed by atoms with Crippen LogP contribution in [0.4, 0.5) is 0 Å². The predicted octanol–water partition coefficient (Wildman–Crippen LogP) is 1.85. The highest BCUT2D eigenvalue weighted by molar-refractivity contribution is 7.45. The zero-order valence-corrected chi connectivity index (χ0v) is 7.50. The molecule has 0 aliphatic heterocycles. The summed E-state index contributed by atoms with van der Waals surface area (Å²) >= 11 is 11.3. The number of aliphatic hydroxyl groups excluding tert-OH is 1. The van der Waals surface area contributed by atoms with Crippen molar-refractivity contribution in [3.8, 4) is 0 Å². The van der Waals surface area contributed by atoms with Gasteiger partial charge in [0, 0.05) is 0 Å². The monoisotopic (exact) mass is 172 g/mol. The molecule has 0 saturated heterocycles. The largest absolute Gasteiger partial charge is 0.394 e. The highest BCUT2D eigenvalue weighted by Crippen LogP contribution is 2.20. The minimum absolute atomic E-state index is 0.481. The fourth-order valence-electron chi connectivity index (χ4n) is 0.358. The first-order valence-corrected chi connectivity index (χ1v) is 7.14. The van der Waals surface area contributed by atoms with Crippen LogP contribution in [-0.4, -0.2) is 17.5 Å². The molecule has 0 aliphatic carbocycles. The van der Waals surface area contributed by atoms with E-state index < -0.39 is 12.4 Å². The third-order valence-electron chi connectivity index (χ3n) is 0.972. The van der Waals surface area contributed by atoms with Crippen LogP contribution in [0.5, 0.6) is 0 Å². The lowest BCUT2D eigenvalue weighted by Gasteiger charge is -2.15. The van der Waals surface area contributed by atoms with Gasteiger partial charge >= 0.3 is 0 Å². The molecule has 1 atom stereocenters. The first-order valence-electron chi connectivity index (χ1n) is 2.54. The number of hydrogen-bond acceptors (Lipinski definition) is 1. The standard InChI is InChI=1S/C4H10Cl2OSi/c1-3-4(7)8(2,5)6/h4,7H,3H2,1-2H3. The Morgan fingerprint density at radius 1 is 1.62 bits per heavy atom. The molecule has 0 heterocycles. The van der Waals surface area contributed by atoms with Gasteiger partial charge in [-0.3, -0.25) is 0 Å². The van der Waals surface area contributed by atoms with Gasteiger partial charge in [-0.2, -0.15) is 0 Å². The van der Waals surface area contributed by atoms with Crippen LogP contribution in [0, 0.1) is 0 Å². The van der Waals surface area contributed by atoms with Crippen molar-refractivity contribution < 1.29 is 5.11 Å². The maximum atomic E-state index is 8.99. The van der Waals surface area contributed by atoms with E-state index in [2.05, 4.69) is 0 Å². The van der Waals surface area contributed by atoms with Gasteiger partial charge in [-0.25, -0.2) is 0 Å². The van der Waals surface area contributed by atoms with E-state index in [9.17, 15) is 0 Å². The topological polar surface area (TPSA) is 20.2 Å².